The summed E-state index contributed by atoms with van der Waals surface area (Å²) < 4.78 is 5.01. The molecule has 0 bridgehead atoms. The summed E-state index contributed by atoms with van der Waals surface area (Å²) in [5.41, 5.74) is 1.71. The number of unbranched alkanes of at least 4 members (excludes halogenated alkanes) is 2. The maximum Gasteiger partial charge on any atom is 0.432 e. The lowest BCUT2D eigenvalue weighted by Gasteiger charge is -2.14. The topological polar surface area (TPSA) is 49.7 Å². The minimum absolute atomic E-state index is 0.336. The fourth-order valence-corrected chi connectivity index (χ4v) is 3.46. The Morgan fingerprint density at radius 1 is 1.48 bits per heavy atom. The third kappa shape index (κ3) is 7.66. The summed E-state index contributed by atoms with van der Waals surface area (Å²) in [6.45, 7) is 3.75. The summed E-state index contributed by atoms with van der Waals surface area (Å²) in [5.74, 6) is 7.62. The van der Waals surface area contributed by atoms with Gasteiger partial charge < -0.3 is 14.9 Å². The second-order valence-corrected chi connectivity index (χ2v) is 8.08. The SMILES string of the molecule is C=CCc1c(OC)cccc1C(O)C#CCCCCSB(O)I. The van der Waals surface area contributed by atoms with Gasteiger partial charge in [-0.15, -0.1) is 12.5 Å². The number of methoxy groups -OCH3 is 1. The Morgan fingerprint density at radius 2 is 2.26 bits per heavy atom. The minimum atomic E-state index is -0.814. The molecule has 1 aromatic rings. The van der Waals surface area contributed by atoms with E-state index < -0.39 is 6.10 Å². The van der Waals surface area contributed by atoms with Crippen LogP contribution in [0.15, 0.2) is 30.9 Å². The zero-order chi connectivity index (χ0) is 17.1. The van der Waals surface area contributed by atoms with Crippen LogP contribution in [0.1, 0.15) is 36.5 Å². The molecular formula is C17H22BIO3S. The summed E-state index contributed by atoms with van der Waals surface area (Å²) in [7, 11) is 1.62. The predicted octanol–water partition coefficient (Wildman–Crippen LogP) is 3.78. The van der Waals surface area contributed by atoms with Crippen molar-refractivity contribution in [1.29, 1.82) is 0 Å². The number of halogens is 1. The molecule has 0 aliphatic heterocycles. The van der Waals surface area contributed by atoms with Gasteiger partial charge in [-0.3, -0.25) is 0 Å². The molecule has 0 saturated heterocycles. The molecule has 0 heterocycles. The fourth-order valence-electron chi connectivity index (χ4n) is 2.14. The van der Waals surface area contributed by atoms with Crippen molar-refractivity contribution in [3.63, 3.8) is 0 Å². The van der Waals surface area contributed by atoms with Crippen molar-refractivity contribution in [1.82, 2.24) is 0 Å². The normalized spacial score (nSPS) is 11.3. The van der Waals surface area contributed by atoms with Gasteiger partial charge in [0, 0.05) is 12.0 Å². The summed E-state index contributed by atoms with van der Waals surface area (Å²) >= 11 is 3.51. The van der Waals surface area contributed by atoms with Crippen LogP contribution in [0.2, 0.25) is 0 Å². The van der Waals surface area contributed by atoms with Crippen LogP contribution in [0.3, 0.4) is 0 Å². The number of rotatable bonds is 9. The van der Waals surface area contributed by atoms with Gasteiger partial charge in [-0.05, 0) is 36.6 Å². The third-order valence-corrected chi connectivity index (χ3v) is 5.10. The molecule has 3 nitrogen and oxygen atoms in total. The number of aliphatic hydroxyl groups is 1. The molecule has 0 saturated carbocycles. The first-order valence-corrected chi connectivity index (χ1v) is 9.76. The lowest BCUT2D eigenvalue weighted by molar-refractivity contribution is 0.236. The molecule has 6 heteroatoms. The van der Waals surface area contributed by atoms with Gasteiger partial charge in [0.1, 0.15) is 11.9 Å². The highest BCUT2D eigenvalue weighted by Crippen LogP contribution is 2.27. The molecular weight excluding hydrogens is 422 g/mol. The van der Waals surface area contributed by atoms with E-state index in [4.69, 9.17) is 9.76 Å². The van der Waals surface area contributed by atoms with E-state index in [1.807, 2.05) is 40.6 Å². The van der Waals surface area contributed by atoms with E-state index in [1.54, 1.807) is 13.2 Å². The molecule has 0 fully saturated rings. The third-order valence-electron chi connectivity index (χ3n) is 3.22. The molecule has 1 rings (SSSR count). The number of benzene rings is 1. The standard InChI is InChI=1S/C17H22BIO3S/c1-3-9-15-14(10-8-12-17(15)22-2)16(20)11-6-4-5-7-13-23-18(19)21/h3,8,10,12,16,20-21H,1,4-5,7,9,13H2,2H3. The fraction of sp³-hybridized carbons (Fsp3) is 0.412. The lowest BCUT2D eigenvalue weighted by atomic mass is 9.99. The molecule has 0 aliphatic rings. The van der Waals surface area contributed by atoms with Crippen LogP contribution < -0.4 is 4.74 Å². The summed E-state index contributed by atoms with van der Waals surface area (Å²) in [5, 5.41) is 19.5. The van der Waals surface area contributed by atoms with Gasteiger partial charge >= 0.3 is 4.05 Å². The molecule has 1 atom stereocenters. The zero-order valence-electron chi connectivity index (χ0n) is 13.3. The van der Waals surface area contributed by atoms with Crippen molar-refractivity contribution in [2.24, 2.45) is 0 Å². The Bertz CT molecular complexity index is 555. The average molecular weight is 444 g/mol. The van der Waals surface area contributed by atoms with Crippen LogP contribution in [0.4, 0.5) is 0 Å². The number of allylic oxidation sites excluding steroid dienone is 1. The summed E-state index contributed by atoms with van der Waals surface area (Å²) in [6, 6.07) is 5.61. The second-order valence-electron chi connectivity index (χ2n) is 4.86. The first-order chi connectivity index (χ1) is 11.1. The van der Waals surface area contributed by atoms with E-state index in [1.165, 1.54) is 11.6 Å². The Hall–Kier alpha value is -0.615. The molecule has 0 amide bonds. The van der Waals surface area contributed by atoms with E-state index in [0.717, 1.165) is 41.9 Å². The smallest absolute Gasteiger partial charge is 0.432 e. The van der Waals surface area contributed by atoms with E-state index in [2.05, 4.69) is 18.4 Å². The van der Waals surface area contributed by atoms with E-state index in [0.29, 0.717) is 6.42 Å². The largest absolute Gasteiger partial charge is 0.496 e. The Labute approximate surface area is 156 Å². The first kappa shape index (κ1) is 20.4. The van der Waals surface area contributed by atoms with Gasteiger partial charge in [0.2, 0.25) is 0 Å². The Balaban J connectivity index is 2.60. The Morgan fingerprint density at radius 3 is 2.91 bits per heavy atom. The van der Waals surface area contributed by atoms with Gasteiger partial charge in [0.25, 0.3) is 0 Å². The van der Waals surface area contributed by atoms with Crippen molar-refractivity contribution >= 4 is 38.0 Å². The quantitative estimate of drug-likeness (QED) is 0.200. The monoisotopic (exact) mass is 444 g/mol. The van der Waals surface area contributed by atoms with Gasteiger partial charge in [-0.1, -0.05) is 46.5 Å². The van der Waals surface area contributed by atoms with Gasteiger partial charge in [-0.2, -0.15) is 11.6 Å². The minimum Gasteiger partial charge on any atom is -0.496 e. The molecule has 1 aromatic carbocycles. The van der Waals surface area contributed by atoms with Crippen LogP contribution in [0, 0.1) is 11.8 Å². The van der Waals surface area contributed by atoms with Crippen molar-refractivity contribution in [3.05, 3.63) is 42.0 Å². The highest BCUT2D eigenvalue weighted by atomic mass is 127. The molecule has 0 aromatic heterocycles. The molecule has 0 radical (unpaired) electrons. The van der Waals surface area contributed by atoms with Crippen molar-refractivity contribution < 1.29 is 14.9 Å². The highest BCUT2D eigenvalue weighted by molar-refractivity contribution is 14.1. The van der Waals surface area contributed by atoms with E-state index >= 15 is 0 Å². The summed E-state index contributed by atoms with van der Waals surface area (Å²) in [6.07, 6.45) is 4.33. The van der Waals surface area contributed by atoms with E-state index in [-0.39, 0.29) is 4.05 Å². The van der Waals surface area contributed by atoms with Crippen molar-refractivity contribution in [3.8, 4) is 17.6 Å². The van der Waals surface area contributed by atoms with Crippen molar-refractivity contribution in [2.45, 2.75) is 31.8 Å². The molecule has 23 heavy (non-hydrogen) atoms. The maximum atomic E-state index is 10.3. The highest BCUT2D eigenvalue weighted by Gasteiger charge is 2.13. The zero-order valence-corrected chi connectivity index (χ0v) is 16.3. The second kappa shape index (κ2) is 11.8. The molecule has 2 N–H and O–H groups in total. The first-order valence-electron chi connectivity index (χ1n) is 7.47. The van der Waals surface area contributed by atoms with Crippen LogP contribution in [-0.4, -0.2) is 27.0 Å². The van der Waals surface area contributed by atoms with Crippen molar-refractivity contribution in [2.75, 3.05) is 12.9 Å². The number of hydrogen-bond donors (Lipinski definition) is 2. The number of hydrogen-bond acceptors (Lipinski definition) is 4. The molecule has 0 spiro atoms. The van der Waals surface area contributed by atoms with Crippen LogP contribution in [-0.2, 0) is 6.42 Å². The molecule has 0 aliphatic carbocycles. The molecule has 124 valence electrons. The van der Waals surface area contributed by atoms with Crippen LogP contribution in [0.25, 0.3) is 0 Å². The Kier molecular flexibility index (Phi) is 10.5. The average Bonchev–Trinajstić information content (AvgIpc) is 2.54. The van der Waals surface area contributed by atoms with Crippen LogP contribution >= 0.6 is 34.0 Å². The van der Waals surface area contributed by atoms with Gasteiger partial charge in [0.05, 0.1) is 7.11 Å². The van der Waals surface area contributed by atoms with E-state index in [9.17, 15) is 5.11 Å². The van der Waals surface area contributed by atoms with Gasteiger partial charge in [-0.25, -0.2) is 0 Å². The lowest BCUT2D eigenvalue weighted by Crippen LogP contribution is -2.02. The number of ether oxygens (including phenoxy) is 1. The maximum absolute atomic E-state index is 10.3. The van der Waals surface area contributed by atoms with Gasteiger partial charge in [0.15, 0.2) is 0 Å². The molecule has 1 unspecified atom stereocenters. The summed E-state index contributed by atoms with van der Waals surface area (Å²) in [4.78, 5) is 0. The predicted molar refractivity (Wildman–Crippen MR) is 108 cm³/mol. The van der Waals surface area contributed by atoms with Crippen LogP contribution in [0.5, 0.6) is 5.75 Å². The number of aliphatic hydroxyl groups excluding tert-OH is 1.